The molecule has 1 unspecified atom stereocenters. The molecule has 3 rings (SSSR count). The van der Waals surface area contributed by atoms with E-state index in [1.165, 1.54) is 5.56 Å². The smallest absolute Gasteiger partial charge is 0.142 e. The van der Waals surface area contributed by atoms with Gasteiger partial charge in [0, 0.05) is 17.8 Å². The molecule has 1 atom stereocenters. The number of hydrogen-bond donors (Lipinski definition) is 1. The van der Waals surface area contributed by atoms with E-state index in [0.717, 1.165) is 22.9 Å². The zero-order valence-electron chi connectivity index (χ0n) is 12.4. The van der Waals surface area contributed by atoms with Crippen LogP contribution in [0.5, 0.6) is 11.5 Å². The molecule has 1 N–H and O–H groups in total. The molecule has 0 fully saturated rings. The fourth-order valence-electron chi connectivity index (χ4n) is 2.58. The third kappa shape index (κ3) is 3.00. The average molecular weight is 284 g/mol. The molecule has 0 spiro atoms. The third-order valence-electron chi connectivity index (χ3n) is 3.65. The highest BCUT2D eigenvalue weighted by atomic mass is 16.5. The topological polar surface area (TPSA) is 43.4 Å². The molecule has 110 valence electrons. The summed E-state index contributed by atoms with van der Waals surface area (Å²) in [5.74, 6) is 2.10. The number of aryl methyl sites for hydroxylation is 1. The molecule has 0 bridgehead atoms. The van der Waals surface area contributed by atoms with Crippen molar-refractivity contribution in [3.05, 3.63) is 53.3 Å². The number of nitrogens with zero attached hydrogens (tertiary/aromatic N) is 1. The Morgan fingerprint density at radius 1 is 1.29 bits per heavy atom. The molecule has 1 aromatic heterocycles. The van der Waals surface area contributed by atoms with E-state index in [-0.39, 0.29) is 5.92 Å². The number of aromatic nitrogens is 1. The maximum absolute atomic E-state index is 6.00. The fourth-order valence-corrected chi connectivity index (χ4v) is 2.58. The van der Waals surface area contributed by atoms with E-state index in [4.69, 9.17) is 9.47 Å². The second kappa shape index (κ2) is 6.14. The van der Waals surface area contributed by atoms with Crippen molar-refractivity contribution in [3.8, 4) is 11.5 Å². The van der Waals surface area contributed by atoms with Crippen molar-refractivity contribution in [2.45, 2.75) is 19.4 Å². The van der Waals surface area contributed by atoms with Gasteiger partial charge in [-0.05, 0) is 32.2 Å². The van der Waals surface area contributed by atoms with Gasteiger partial charge in [-0.15, -0.1) is 0 Å². The zero-order chi connectivity index (χ0) is 14.7. The van der Waals surface area contributed by atoms with Crippen molar-refractivity contribution in [2.24, 2.45) is 0 Å². The highest BCUT2D eigenvalue weighted by Gasteiger charge is 2.24. The van der Waals surface area contributed by atoms with Crippen molar-refractivity contribution in [2.75, 3.05) is 20.3 Å². The van der Waals surface area contributed by atoms with E-state index >= 15 is 0 Å². The highest BCUT2D eigenvalue weighted by molar-refractivity contribution is 5.40. The minimum Gasteiger partial charge on any atom is -0.493 e. The Morgan fingerprint density at radius 3 is 3.00 bits per heavy atom. The maximum Gasteiger partial charge on any atom is 0.142 e. The van der Waals surface area contributed by atoms with E-state index < -0.39 is 0 Å². The van der Waals surface area contributed by atoms with Gasteiger partial charge in [-0.25, -0.2) is 0 Å². The van der Waals surface area contributed by atoms with Crippen LogP contribution < -0.4 is 14.8 Å². The van der Waals surface area contributed by atoms with Gasteiger partial charge in [0.2, 0.25) is 0 Å². The van der Waals surface area contributed by atoms with E-state index in [9.17, 15) is 0 Å². The van der Waals surface area contributed by atoms with Gasteiger partial charge < -0.3 is 14.8 Å². The molecule has 2 aromatic rings. The monoisotopic (exact) mass is 284 g/mol. The van der Waals surface area contributed by atoms with Gasteiger partial charge in [0.1, 0.15) is 11.5 Å². The normalized spacial score (nSPS) is 16.4. The molecule has 0 saturated carbocycles. The van der Waals surface area contributed by atoms with Crippen LogP contribution in [0, 0.1) is 6.92 Å². The van der Waals surface area contributed by atoms with Crippen molar-refractivity contribution >= 4 is 0 Å². The lowest BCUT2D eigenvalue weighted by molar-refractivity contribution is 0.245. The minimum atomic E-state index is 0.282. The first-order valence-electron chi connectivity index (χ1n) is 7.23. The van der Waals surface area contributed by atoms with Gasteiger partial charge in [-0.1, -0.05) is 18.2 Å². The van der Waals surface area contributed by atoms with Crippen LogP contribution in [0.4, 0.5) is 0 Å². The Bertz CT molecular complexity index is 628. The van der Waals surface area contributed by atoms with Crippen LogP contribution in [-0.2, 0) is 6.54 Å². The largest absolute Gasteiger partial charge is 0.493 e. The van der Waals surface area contributed by atoms with Gasteiger partial charge in [-0.3, -0.25) is 4.98 Å². The van der Waals surface area contributed by atoms with E-state index in [1.807, 2.05) is 44.3 Å². The summed E-state index contributed by atoms with van der Waals surface area (Å²) in [5, 5.41) is 3.13. The quantitative estimate of drug-likeness (QED) is 0.916. The van der Waals surface area contributed by atoms with E-state index in [2.05, 4.69) is 16.4 Å². The second-order valence-corrected chi connectivity index (χ2v) is 5.28. The summed E-state index contributed by atoms with van der Waals surface area (Å²) >= 11 is 0. The number of pyridine rings is 1. The number of rotatable bonds is 5. The third-order valence-corrected chi connectivity index (χ3v) is 3.65. The molecule has 1 aliphatic heterocycles. The summed E-state index contributed by atoms with van der Waals surface area (Å²) in [6.45, 7) is 3.98. The molecular formula is C17H20N2O2. The lowest BCUT2D eigenvalue weighted by Gasteiger charge is -2.14. The number of ether oxygens (including phenoxy) is 2. The molecule has 4 heteroatoms. The Morgan fingerprint density at radius 2 is 2.14 bits per heavy atom. The second-order valence-electron chi connectivity index (χ2n) is 5.28. The molecule has 1 aliphatic rings. The number of benzene rings is 1. The van der Waals surface area contributed by atoms with E-state index in [1.54, 1.807) is 0 Å². The van der Waals surface area contributed by atoms with Gasteiger partial charge >= 0.3 is 0 Å². The van der Waals surface area contributed by atoms with Crippen molar-refractivity contribution in [1.29, 1.82) is 0 Å². The first-order chi connectivity index (χ1) is 10.3. The molecule has 4 nitrogen and oxygen atoms in total. The average Bonchev–Trinajstić information content (AvgIpc) is 2.90. The molecule has 0 aliphatic carbocycles. The Labute approximate surface area is 125 Å². The number of hydrogen-bond acceptors (Lipinski definition) is 4. The first-order valence-corrected chi connectivity index (χ1v) is 7.23. The highest BCUT2D eigenvalue weighted by Crippen LogP contribution is 2.34. The van der Waals surface area contributed by atoms with Gasteiger partial charge in [-0.2, -0.15) is 0 Å². The van der Waals surface area contributed by atoms with Crippen LogP contribution >= 0.6 is 0 Å². The van der Waals surface area contributed by atoms with Crippen molar-refractivity contribution in [3.63, 3.8) is 0 Å². The van der Waals surface area contributed by atoms with Crippen molar-refractivity contribution < 1.29 is 9.47 Å². The SMILES string of the molecule is CNCc1nc(C)ccc1OCC1COc2ccccc21. The summed E-state index contributed by atoms with van der Waals surface area (Å²) < 4.78 is 11.7. The standard InChI is InChI=1S/C17H20N2O2/c1-12-7-8-17(15(19-12)9-18-2)21-11-13-10-20-16-6-4-3-5-14(13)16/h3-8,13,18H,9-11H2,1-2H3. The predicted octanol–water partition coefficient (Wildman–Crippen LogP) is 2.66. The number of para-hydroxylation sites is 1. The van der Waals surface area contributed by atoms with Crippen LogP contribution in [0.1, 0.15) is 22.9 Å². The minimum absolute atomic E-state index is 0.282. The van der Waals surface area contributed by atoms with Crippen LogP contribution in [0.25, 0.3) is 0 Å². The fraction of sp³-hybridized carbons (Fsp3) is 0.353. The summed E-state index contributed by atoms with van der Waals surface area (Å²) in [4.78, 5) is 4.53. The summed E-state index contributed by atoms with van der Waals surface area (Å²) in [6.07, 6.45) is 0. The van der Waals surface area contributed by atoms with Crippen LogP contribution in [0.3, 0.4) is 0 Å². The zero-order valence-corrected chi connectivity index (χ0v) is 12.4. The molecule has 0 saturated heterocycles. The molecule has 2 heterocycles. The van der Waals surface area contributed by atoms with Crippen LogP contribution in [0.15, 0.2) is 36.4 Å². The van der Waals surface area contributed by atoms with Crippen LogP contribution in [-0.4, -0.2) is 25.2 Å². The van der Waals surface area contributed by atoms with Crippen molar-refractivity contribution in [1.82, 2.24) is 10.3 Å². The molecule has 1 aromatic carbocycles. The molecule has 0 amide bonds. The Hall–Kier alpha value is -2.07. The van der Waals surface area contributed by atoms with Gasteiger partial charge in [0.25, 0.3) is 0 Å². The van der Waals surface area contributed by atoms with Crippen LogP contribution in [0.2, 0.25) is 0 Å². The lowest BCUT2D eigenvalue weighted by Crippen LogP contribution is -2.15. The summed E-state index contributed by atoms with van der Waals surface area (Å²) in [7, 11) is 1.91. The molecular weight excluding hydrogens is 264 g/mol. The molecule has 0 radical (unpaired) electrons. The summed E-state index contributed by atoms with van der Waals surface area (Å²) in [6, 6.07) is 12.1. The number of fused-ring (bicyclic) bond motifs is 1. The van der Waals surface area contributed by atoms with Gasteiger partial charge in [0.05, 0.1) is 24.8 Å². The first kappa shape index (κ1) is 13.9. The van der Waals surface area contributed by atoms with E-state index in [0.29, 0.717) is 19.8 Å². The Kier molecular flexibility index (Phi) is 4.06. The lowest BCUT2D eigenvalue weighted by atomic mass is 10.0. The maximum atomic E-state index is 6.00. The Balaban J connectivity index is 1.71. The predicted molar refractivity (Wildman–Crippen MR) is 81.9 cm³/mol. The molecule has 21 heavy (non-hydrogen) atoms. The summed E-state index contributed by atoms with van der Waals surface area (Å²) in [5.41, 5.74) is 3.18. The number of nitrogens with one attached hydrogen (secondary N) is 1. The van der Waals surface area contributed by atoms with Gasteiger partial charge in [0.15, 0.2) is 0 Å².